The van der Waals surface area contributed by atoms with Crippen molar-refractivity contribution in [1.29, 1.82) is 0 Å². The first-order valence-electron chi connectivity index (χ1n) is 6.61. The molecule has 0 radical (unpaired) electrons. The summed E-state index contributed by atoms with van der Waals surface area (Å²) in [4.78, 5) is 4.55. The maximum Gasteiger partial charge on any atom is 0.131 e. The van der Waals surface area contributed by atoms with E-state index in [-0.39, 0.29) is 6.04 Å². The third-order valence-electron chi connectivity index (χ3n) is 2.85. The third-order valence-corrected chi connectivity index (χ3v) is 3.81. The van der Waals surface area contributed by atoms with Crippen molar-refractivity contribution in [3.63, 3.8) is 0 Å². The van der Waals surface area contributed by atoms with E-state index in [1.54, 1.807) is 11.3 Å². The van der Waals surface area contributed by atoms with Gasteiger partial charge in [-0.1, -0.05) is 25.1 Å². The van der Waals surface area contributed by atoms with Crippen molar-refractivity contribution in [2.45, 2.75) is 39.3 Å². The molecule has 0 aliphatic rings. The molecule has 0 fully saturated rings. The van der Waals surface area contributed by atoms with Crippen LogP contribution in [0.4, 0.5) is 0 Å². The molecule has 102 valence electrons. The topological polar surface area (TPSA) is 48.1 Å². The number of nitrogens with zero attached hydrogens (tertiary/aromatic N) is 1. The van der Waals surface area contributed by atoms with E-state index >= 15 is 0 Å². The molecule has 2 rings (SSSR count). The Morgan fingerprint density at radius 2 is 2.16 bits per heavy atom. The number of nitrogens with two attached hydrogens (primary N) is 1. The van der Waals surface area contributed by atoms with Crippen LogP contribution < -0.4 is 10.5 Å². The molecule has 0 aliphatic carbocycles. The van der Waals surface area contributed by atoms with Gasteiger partial charge in [-0.15, -0.1) is 11.3 Å². The molecule has 0 spiro atoms. The Hall–Kier alpha value is -1.39. The molecule has 0 bridgehead atoms. The van der Waals surface area contributed by atoms with Crippen LogP contribution in [0, 0.1) is 0 Å². The molecule has 2 aromatic rings. The van der Waals surface area contributed by atoms with Crippen LogP contribution in [-0.4, -0.2) is 4.98 Å². The second-order valence-corrected chi connectivity index (χ2v) is 5.54. The lowest BCUT2D eigenvalue weighted by molar-refractivity contribution is 0.297. The van der Waals surface area contributed by atoms with Gasteiger partial charge in [-0.2, -0.15) is 0 Å². The minimum absolute atomic E-state index is 0.0257. The van der Waals surface area contributed by atoms with Gasteiger partial charge in [-0.3, -0.25) is 0 Å². The van der Waals surface area contributed by atoms with E-state index < -0.39 is 0 Å². The molecule has 1 aromatic heterocycles. The standard InChI is InChI=1S/C15H20N2OS/c1-3-6-15-17-12(10-19-15)9-18-14-8-5-4-7-13(14)11(2)16/h4-5,7-8,10-11H,3,6,9,16H2,1-2H3/t11-/m0/s1. The molecule has 1 atom stereocenters. The molecule has 4 heteroatoms. The zero-order valence-electron chi connectivity index (χ0n) is 11.4. The Labute approximate surface area is 118 Å². The predicted octanol–water partition coefficient (Wildman–Crippen LogP) is 3.69. The van der Waals surface area contributed by atoms with E-state index in [0.29, 0.717) is 6.61 Å². The van der Waals surface area contributed by atoms with Crippen LogP contribution in [0.5, 0.6) is 5.75 Å². The van der Waals surface area contributed by atoms with Crippen LogP contribution in [0.25, 0.3) is 0 Å². The summed E-state index contributed by atoms with van der Waals surface area (Å²) in [5.74, 6) is 0.850. The van der Waals surface area contributed by atoms with E-state index in [9.17, 15) is 0 Å². The van der Waals surface area contributed by atoms with E-state index in [1.807, 2.05) is 31.2 Å². The Morgan fingerprint density at radius 3 is 2.89 bits per heavy atom. The van der Waals surface area contributed by atoms with Crippen LogP contribution >= 0.6 is 11.3 Å². The van der Waals surface area contributed by atoms with Crippen LogP contribution in [0.15, 0.2) is 29.6 Å². The molecule has 0 saturated heterocycles. The summed E-state index contributed by atoms with van der Waals surface area (Å²) in [6.07, 6.45) is 2.17. The summed E-state index contributed by atoms with van der Waals surface area (Å²) < 4.78 is 5.84. The minimum atomic E-state index is -0.0257. The fourth-order valence-electron chi connectivity index (χ4n) is 1.88. The highest BCUT2D eigenvalue weighted by Gasteiger charge is 2.08. The molecule has 0 unspecified atom stereocenters. The number of aryl methyl sites for hydroxylation is 1. The third kappa shape index (κ3) is 3.78. The maximum absolute atomic E-state index is 5.93. The van der Waals surface area contributed by atoms with Gasteiger partial charge >= 0.3 is 0 Å². The van der Waals surface area contributed by atoms with Gasteiger partial charge in [0.15, 0.2) is 0 Å². The Balaban J connectivity index is 2.01. The fourth-order valence-corrected chi connectivity index (χ4v) is 2.77. The van der Waals surface area contributed by atoms with Gasteiger partial charge in [-0.05, 0) is 25.8 Å². The summed E-state index contributed by atoms with van der Waals surface area (Å²) in [5.41, 5.74) is 7.96. The number of hydrogen-bond acceptors (Lipinski definition) is 4. The number of hydrogen-bond donors (Lipinski definition) is 1. The summed E-state index contributed by atoms with van der Waals surface area (Å²) in [6, 6.07) is 7.88. The number of aromatic nitrogens is 1. The molecule has 19 heavy (non-hydrogen) atoms. The van der Waals surface area contributed by atoms with E-state index in [4.69, 9.17) is 10.5 Å². The monoisotopic (exact) mass is 276 g/mol. The fraction of sp³-hybridized carbons (Fsp3) is 0.400. The normalized spacial score (nSPS) is 12.4. The van der Waals surface area contributed by atoms with Crippen LogP contribution in [0.2, 0.25) is 0 Å². The van der Waals surface area contributed by atoms with Crippen molar-refractivity contribution >= 4 is 11.3 Å². The van der Waals surface area contributed by atoms with Crippen molar-refractivity contribution in [2.75, 3.05) is 0 Å². The Kier molecular flexibility index (Phi) is 4.93. The van der Waals surface area contributed by atoms with Crippen molar-refractivity contribution in [2.24, 2.45) is 5.73 Å². The van der Waals surface area contributed by atoms with Crippen molar-refractivity contribution < 1.29 is 4.74 Å². The first-order chi connectivity index (χ1) is 9.20. The molecule has 0 aliphatic heterocycles. The van der Waals surface area contributed by atoms with Gasteiger partial charge in [0.2, 0.25) is 0 Å². The quantitative estimate of drug-likeness (QED) is 0.875. The molecular formula is C15H20N2OS. The smallest absolute Gasteiger partial charge is 0.131 e. The Bertz CT molecular complexity index is 522. The first kappa shape index (κ1) is 14.0. The summed E-state index contributed by atoms with van der Waals surface area (Å²) in [5, 5.41) is 3.25. The largest absolute Gasteiger partial charge is 0.487 e. The average Bonchev–Trinajstić information content (AvgIpc) is 2.85. The number of rotatable bonds is 6. The zero-order valence-corrected chi connectivity index (χ0v) is 12.2. The van der Waals surface area contributed by atoms with Gasteiger partial charge < -0.3 is 10.5 Å². The van der Waals surface area contributed by atoms with E-state index in [2.05, 4.69) is 17.3 Å². The highest BCUT2D eigenvalue weighted by Crippen LogP contribution is 2.24. The van der Waals surface area contributed by atoms with Crippen LogP contribution in [0.3, 0.4) is 0 Å². The van der Waals surface area contributed by atoms with Gasteiger partial charge in [-0.25, -0.2) is 4.98 Å². The Morgan fingerprint density at radius 1 is 1.37 bits per heavy atom. The highest BCUT2D eigenvalue weighted by atomic mass is 32.1. The van der Waals surface area contributed by atoms with Crippen molar-refractivity contribution in [3.8, 4) is 5.75 Å². The molecule has 1 aromatic carbocycles. The van der Waals surface area contributed by atoms with Gasteiger partial charge in [0.05, 0.1) is 10.7 Å². The number of para-hydroxylation sites is 1. The van der Waals surface area contributed by atoms with Gasteiger partial charge in [0, 0.05) is 17.0 Å². The lowest BCUT2D eigenvalue weighted by Crippen LogP contribution is -2.08. The predicted molar refractivity (Wildman–Crippen MR) is 79.5 cm³/mol. The second kappa shape index (κ2) is 6.68. The van der Waals surface area contributed by atoms with E-state index in [0.717, 1.165) is 29.8 Å². The average molecular weight is 276 g/mol. The van der Waals surface area contributed by atoms with Gasteiger partial charge in [0.25, 0.3) is 0 Å². The first-order valence-corrected chi connectivity index (χ1v) is 7.49. The molecule has 1 heterocycles. The minimum Gasteiger partial charge on any atom is -0.487 e. The summed E-state index contributed by atoms with van der Waals surface area (Å²) >= 11 is 1.70. The summed E-state index contributed by atoms with van der Waals surface area (Å²) in [7, 11) is 0. The molecule has 0 amide bonds. The lowest BCUT2D eigenvalue weighted by Gasteiger charge is -2.12. The SMILES string of the molecule is CCCc1nc(COc2ccccc2[C@H](C)N)cs1. The van der Waals surface area contributed by atoms with Crippen molar-refractivity contribution in [1.82, 2.24) is 4.98 Å². The highest BCUT2D eigenvalue weighted by molar-refractivity contribution is 7.09. The number of benzene rings is 1. The number of thiazole rings is 1. The molecule has 0 saturated carbocycles. The lowest BCUT2D eigenvalue weighted by atomic mass is 10.1. The second-order valence-electron chi connectivity index (χ2n) is 4.60. The van der Waals surface area contributed by atoms with Crippen LogP contribution in [-0.2, 0) is 13.0 Å². The zero-order chi connectivity index (χ0) is 13.7. The van der Waals surface area contributed by atoms with Gasteiger partial charge in [0.1, 0.15) is 12.4 Å². The van der Waals surface area contributed by atoms with E-state index in [1.165, 1.54) is 5.01 Å². The molecular weight excluding hydrogens is 256 g/mol. The van der Waals surface area contributed by atoms with Crippen molar-refractivity contribution in [3.05, 3.63) is 45.9 Å². The summed E-state index contributed by atoms with van der Waals surface area (Å²) in [6.45, 7) is 4.63. The number of ether oxygens (including phenoxy) is 1. The molecule has 3 nitrogen and oxygen atoms in total. The van der Waals surface area contributed by atoms with Crippen LogP contribution in [0.1, 0.15) is 42.6 Å². The molecule has 2 N–H and O–H groups in total. The maximum atomic E-state index is 5.93.